The Morgan fingerprint density at radius 1 is 1.19 bits per heavy atom. The molecule has 1 aromatic heterocycles. The molecule has 0 spiro atoms. The normalized spacial score (nSPS) is 15.9. The van der Waals surface area contributed by atoms with Gasteiger partial charge in [-0.15, -0.1) is 0 Å². The minimum atomic E-state index is -1.17. The van der Waals surface area contributed by atoms with Crippen LogP contribution in [0.25, 0.3) is 0 Å². The summed E-state index contributed by atoms with van der Waals surface area (Å²) in [6.45, 7) is 2.40. The largest absolute Gasteiger partial charge is 0.490 e. The highest BCUT2D eigenvalue weighted by atomic mass is 16.5. The highest BCUT2D eigenvalue weighted by molar-refractivity contribution is 5.81. The fraction of sp³-hybridized carbons (Fsp3) is 0.455. The van der Waals surface area contributed by atoms with Crippen LogP contribution in [0.2, 0.25) is 0 Å². The molecular weight excluding hydrogens is 340 g/mol. The molecule has 1 aliphatic rings. The van der Waals surface area contributed by atoms with Crippen molar-refractivity contribution >= 4 is 5.91 Å². The summed E-state index contributed by atoms with van der Waals surface area (Å²) in [5.74, 6) is 0.440. The number of aliphatic hydroxyl groups is 1. The van der Waals surface area contributed by atoms with E-state index in [2.05, 4.69) is 4.98 Å². The molecule has 2 aromatic rings. The zero-order chi connectivity index (χ0) is 19.1. The van der Waals surface area contributed by atoms with Gasteiger partial charge in [0.1, 0.15) is 12.4 Å². The van der Waals surface area contributed by atoms with Gasteiger partial charge in [0.15, 0.2) is 6.10 Å². The van der Waals surface area contributed by atoms with Crippen LogP contribution in [0.4, 0.5) is 0 Å². The number of carbonyl (C=O) groups excluding carboxylic acids is 1. The molecule has 144 valence electrons. The van der Waals surface area contributed by atoms with Crippen LogP contribution in [0.15, 0.2) is 48.8 Å². The van der Waals surface area contributed by atoms with Crippen LogP contribution < -0.4 is 4.74 Å². The molecule has 1 fully saturated rings. The molecule has 27 heavy (non-hydrogen) atoms. The SMILES string of the molecule is Cc1ccccc1OCC(O)C(=O)N(Cc1ccncc1)C1CCCCC1. The molecule has 1 heterocycles. The van der Waals surface area contributed by atoms with Crippen molar-refractivity contribution in [3.8, 4) is 5.75 Å². The van der Waals surface area contributed by atoms with Crippen molar-refractivity contribution in [2.24, 2.45) is 0 Å². The maximum Gasteiger partial charge on any atom is 0.255 e. The van der Waals surface area contributed by atoms with Crippen LogP contribution in [0, 0.1) is 6.92 Å². The van der Waals surface area contributed by atoms with Gasteiger partial charge in [-0.05, 0) is 49.1 Å². The van der Waals surface area contributed by atoms with Crippen LogP contribution in [0.5, 0.6) is 5.75 Å². The summed E-state index contributed by atoms with van der Waals surface area (Å²) in [7, 11) is 0. The molecule has 1 N–H and O–H groups in total. The van der Waals surface area contributed by atoms with E-state index in [0.717, 1.165) is 36.8 Å². The van der Waals surface area contributed by atoms with E-state index in [0.29, 0.717) is 12.3 Å². The van der Waals surface area contributed by atoms with Gasteiger partial charge in [-0.2, -0.15) is 0 Å². The molecule has 0 aliphatic heterocycles. The first kappa shape index (κ1) is 19.4. The summed E-state index contributed by atoms with van der Waals surface area (Å²) in [4.78, 5) is 18.9. The van der Waals surface area contributed by atoms with E-state index >= 15 is 0 Å². The molecule has 1 aliphatic carbocycles. The Kier molecular flexibility index (Phi) is 6.82. The van der Waals surface area contributed by atoms with Crippen LogP contribution in [-0.4, -0.2) is 39.7 Å². The monoisotopic (exact) mass is 368 g/mol. The number of hydrogen-bond donors (Lipinski definition) is 1. The molecule has 0 bridgehead atoms. The molecule has 1 aromatic carbocycles. The summed E-state index contributed by atoms with van der Waals surface area (Å²) < 4.78 is 5.70. The first-order valence-electron chi connectivity index (χ1n) is 9.71. The topological polar surface area (TPSA) is 62.7 Å². The highest BCUT2D eigenvalue weighted by Crippen LogP contribution is 2.25. The molecule has 1 amide bonds. The van der Waals surface area contributed by atoms with Crippen molar-refractivity contribution in [1.82, 2.24) is 9.88 Å². The second kappa shape index (κ2) is 9.51. The molecule has 3 rings (SSSR count). The van der Waals surface area contributed by atoms with Gasteiger partial charge in [0.25, 0.3) is 5.91 Å². The third-order valence-electron chi connectivity index (χ3n) is 5.18. The van der Waals surface area contributed by atoms with Crippen LogP contribution in [0.3, 0.4) is 0 Å². The van der Waals surface area contributed by atoms with Gasteiger partial charge in [-0.3, -0.25) is 9.78 Å². The standard InChI is InChI=1S/C22H28N2O3/c1-17-7-5-6-10-21(17)27-16-20(25)22(26)24(19-8-3-2-4-9-19)15-18-11-13-23-14-12-18/h5-7,10-14,19-20,25H,2-4,8-9,15-16H2,1H3. The summed E-state index contributed by atoms with van der Waals surface area (Å²) in [6.07, 6.45) is 7.74. The second-order valence-electron chi connectivity index (χ2n) is 7.21. The smallest absolute Gasteiger partial charge is 0.255 e. The van der Waals surface area contributed by atoms with Gasteiger partial charge in [-0.25, -0.2) is 0 Å². The molecule has 1 atom stereocenters. The number of aryl methyl sites for hydroxylation is 1. The molecule has 1 unspecified atom stereocenters. The average Bonchev–Trinajstić information content (AvgIpc) is 2.72. The minimum Gasteiger partial charge on any atom is -0.490 e. The lowest BCUT2D eigenvalue weighted by Crippen LogP contribution is -2.47. The number of ether oxygens (including phenoxy) is 1. The van der Waals surface area contributed by atoms with Crippen molar-refractivity contribution in [1.29, 1.82) is 0 Å². The fourth-order valence-corrected chi connectivity index (χ4v) is 3.61. The van der Waals surface area contributed by atoms with E-state index in [4.69, 9.17) is 4.74 Å². The fourth-order valence-electron chi connectivity index (χ4n) is 3.61. The Balaban J connectivity index is 1.68. The van der Waals surface area contributed by atoms with Crippen LogP contribution in [0.1, 0.15) is 43.2 Å². The number of benzene rings is 1. The Hall–Kier alpha value is -2.40. The third-order valence-corrected chi connectivity index (χ3v) is 5.18. The van der Waals surface area contributed by atoms with E-state index in [-0.39, 0.29) is 18.6 Å². The Labute approximate surface area is 161 Å². The van der Waals surface area contributed by atoms with Crippen LogP contribution in [-0.2, 0) is 11.3 Å². The van der Waals surface area contributed by atoms with Crippen molar-refractivity contribution in [2.75, 3.05) is 6.61 Å². The first-order chi connectivity index (χ1) is 13.1. The second-order valence-corrected chi connectivity index (χ2v) is 7.21. The lowest BCUT2D eigenvalue weighted by atomic mass is 9.93. The number of aliphatic hydroxyl groups excluding tert-OH is 1. The Morgan fingerprint density at radius 2 is 1.89 bits per heavy atom. The predicted molar refractivity (Wildman–Crippen MR) is 104 cm³/mol. The number of para-hydroxylation sites is 1. The maximum absolute atomic E-state index is 13.0. The van der Waals surface area contributed by atoms with Crippen molar-refractivity contribution in [2.45, 2.75) is 57.7 Å². The van der Waals surface area contributed by atoms with E-state index in [1.54, 1.807) is 12.4 Å². The maximum atomic E-state index is 13.0. The zero-order valence-electron chi connectivity index (χ0n) is 15.9. The summed E-state index contributed by atoms with van der Waals surface area (Å²) in [6, 6.07) is 11.6. The van der Waals surface area contributed by atoms with Gasteiger partial charge in [0.05, 0.1) is 0 Å². The minimum absolute atomic E-state index is 0.0384. The number of carbonyl (C=O) groups is 1. The highest BCUT2D eigenvalue weighted by Gasteiger charge is 2.30. The molecule has 5 heteroatoms. The quantitative estimate of drug-likeness (QED) is 0.813. The lowest BCUT2D eigenvalue weighted by Gasteiger charge is -2.35. The van der Waals surface area contributed by atoms with Gasteiger partial charge >= 0.3 is 0 Å². The third kappa shape index (κ3) is 5.30. The number of nitrogens with zero attached hydrogens (tertiary/aromatic N) is 2. The number of amides is 1. The first-order valence-corrected chi connectivity index (χ1v) is 9.71. The average molecular weight is 368 g/mol. The Bertz CT molecular complexity index is 729. The van der Waals surface area contributed by atoms with Crippen molar-refractivity contribution in [3.63, 3.8) is 0 Å². The van der Waals surface area contributed by atoms with E-state index in [9.17, 15) is 9.90 Å². The molecule has 0 saturated heterocycles. The van der Waals surface area contributed by atoms with Crippen LogP contribution >= 0.6 is 0 Å². The van der Waals surface area contributed by atoms with Gasteiger partial charge < -0.3 is 14.7 Å². The van der Waals surface area contributed by atoms with Gasteiger partial charge in [0.2, 0.25) is 0 Å². The molecular formula is C22H28N2O3. The lowest BCUT2D eigenvalue weighted by molar-refractivity contribution is -0.145. The molecule has 5 nitrogen and oxygen atoms in total. The van der Waals surface area contributed by atoms with Gasteiger partial charge in [-0.1, -0.05) is 37.5 Å². The Morgan fingerprint density at radius 3 is 2.59 bits per heavy atom. The number of rotatable bonds is 7. The van der Waals surface area contributed by atoms with E-state index in [1.807, 2.05) is 48.2 Å². The molecule has 0 radical (unpaired) electrons. The summed E-state index contributed by atoms with van der Waals surface area (Å²) >= 11 is 0. The number of hydrogen-bond acceptors (Lipinski definition) is 4. The van der Waals surface area contributed by atoms with Crippen molar-refractivity contribution < 1.29 is 14.6 Å². The van der Waals surface area contributed by atoms with E-state index in [1.165, 1.54) is 6.42 Å². The van der Waals surface area contributed by atoms with E-state index < -0.39 is 6.10 Å². The van der Waals surface area contributed by atoms with Gasteiger partial charge in [0, 0.05) is 25.0 Å². The number of aromatic nitrogens is 1. The molecule has 1 saturated carbocycles. The zero-order valence-corrected chi connectivity index (χ0v) is 15.9. The summed E-state index contributed by atoms with van der Waals surface area (Å²) in [5.41, 5.74) is 2.01. The predicted octanol–water partition coefficient (Wildman–Crippen LogP) is 3.49. The number of pyridine rings is 1. The summed E-state index contributed by atoms with van der Waals surface area (Å²) in [5, 5.41) is 10.5. The van der Waals surface area contributed by atoms with Crippen molar-refractivity contribution in [3.05, 3.63) is 59.9 Å².